The van der Waals surface area contributed by atoms with E-state index in [2.05, 4.69) is 10.1 Å². The first-order valence-corrected chi connectivity index (χ1v) is 8.94. The quantitative estimate of drug-likeness (QED) is 0.645. The van der Waals surface area contributed by atoms with E-state index in [1.54, 1.807) is 23.1 Å². The van der Waals surface area contributed by atoms with Gasteiger partial charge in [-0.05, 0) is 56.2 Å². The van der Waals surface area contributed by atoms with Gasteiger partial charge in [-0.25, -0.2) is 4.39 Å². The van der Waals surface area contributed by atoms with E-state index in [4.69, 9.17) is 4.52 Å². The molecule has 140 valence electrons. The van der Waals surface area contributed by atoms with Crippen LogP contribution in [0.25, 0.3) is 11.4 Å². The van der Waals surface area contributed by atoms with Gasteiger partial charge in [0.1, 0.15) is 5.82 Å². The molecule has 0 aliphatic rings. The van der Waals surface area contributed by atoms with Gasteiger partial charge in [-0.3, -0.25) is 4.79 Å². The first-order chi connectivity index (χ1) is 13.0. The maximum atomic E-state index is 13.8. The monoisotopic (exact) mass is 367 g/mol. The molecule has 0 bridgehead atoms. The second-order valence-corrected chi connectivity index (χ2v) is 6.40. The Labute approximate surface area is 157 Å². The summed E-state index contributed by atoms with van der Waals surface area (Å²) in [5, 5.41) is 3.82. The Bertz CT molecular complexity index is 952. The number of carbonyl (C=O) groups is 1. The fourth-order valence-corrected chi connectivity index (χ4v) is 2.85. The first-order valence-electron chi connectivity index (χ1n) is 8.94. The molecule has 0 unspecified atom stereocenters. The molecule has 0 saturated carbocycles. The van der Waals surface area contributed by atoms with E-state index >= 15 is 0 Å². The second kappa shape index (κ2) is 8.12. The number of rotatable bonds is 6. The third kappa shape index (κ3) is 4.22. The highest BCUT2D eigenvalue weighted by atomic mass is 19.1. The van der Waals surface area contributed by atoms with Crippen LogP contribution in [0.5, 0.6) is 0 Å². The van der Waals surface area contributed by atoms with Crippen molar-refractivity contribution in [1.29, 1.82) is 0 Å². The third-order valence-electron chi connectivity index (χ3n) is 4.56. The summed E-state index contributed by atoms with van der Waals surface area (Å²) in [5.74, 6) is 0.0778. The van der Waals surface area contributed by atoms with Crippen molar-refractivity contribution in [2.75, 3.05) is 11.4 Å². The molecule has 1 heterocycles. The SMILES string of the molecule is CCN(C(=O)CCc1nc(-c2ccccc2F)no1)c1ccc(C)c(C)c1. The van der Waals surface area contributed by atoms with Gasteiger partial charge in [0.05, 0.1) is 5.56 Å². The summed E-state index contributed by atoms with van der Waals surface area (Å²) < 4.78 is 19.0. The van der Waals surface area contributed by atoms with Crippen molar-refractivity contribution in [3.05, 3.63) is 65.3 Å². The number of aromatic nitrogens is 2. The Morgan fingerprint density at radius 1 is 1.15 bits per heavy atom. The molecule has 0 N–H and O–H groups in total. The summed E-state index contributed by atoms with van der Waals surface area (Å²) in [6, 6.07) is 12.2. The first kappa shape index (κ1) is 18.8. The second-order valence-electron chi connectivity index (χ2n) is 6.40. The summed E-state index contributed by atoms with van der Waals surface area (Å²) in [6.45, 7) is 6.58. The topological polar surface area (TPSA) is 59.2 Å². The zero-order valence-electron chi connectivity index (χ0n) is 15.7. The van der Waals surface area contributed by atoms with Crippen LogP contribution in [0.1, 0.15) is 30.4 Å². The molecular formula is C21H22FN3O2. The lowest BCUT2D eigenvalue weighted by Gasteiger charge is -2.21. The van der Waals surface area contributed by atoms with E-state index in [0.29, 0.717) is 18.9 Å². The van der Waals surface area contributed by atoms with Crippen LogP contribution in [-0.4, -0.2) is 22.6 Å². The molecule has 1 aromatic heterocycles. The summed E-state index contributed by atoms with van der Waals surface area (Å²) in [4.78, 5) is 18.6. The molecule has 1 amide bonds. The fraction of sp³-hybridized carbons (Fsp3) is 0.286. The normalized spacial score (nSPS) is 10.8. The average Bonchev–Trinajstić information content (AvgIpc) is 3.12. The maximum Gasteiger partial charge on any atom is 0.227 e. The zero-order valence-corrected chi connectivity index (χ0v) is 15.7. The fourth-order valence-electron chi connectivity index (χ4n) is 2.85. The van der Waals surface area contributed by atoms with E-state index in [1.807, 2.05) is 39.0 Å². The third-order valence-corrected chi connectivity index (χ3v) is 4.56. The van der Waals surface area contributed by atoms with Gasteiger partial charge < -0.3 is 9.42 Å². The van der Waals surface area contributed by atoms with Crippen LogP contribution in [0, 0.1) is 19.7 Å². The Morgan fingerprint density at radius 2 is 1.93 bits per heavy atom. The van der Waals surface area contributed by atoms with Crippen molar-refractivity contribution < 1.29 is 13.7 Å². The lowest BCUT2D eigenvalue weighted by Crippen LogP contribution is -2.30. The zero-order chi connectivity index (χ0) is 19.4. The van der Waals surface area contributed by atoms with Gasteiger partial charge in [-0.15, -0.1) is 0 Å². The lowest BCUT2D eigenvalue weighted by atomic mass is 10.1. The van der Waals surface area contributed by atoms with Crippen LogP contribution in [0.3, 0.4) is 0 Å². The molecular weight excluding hydrogens is 345 g/mol. The number of amides is 1. The van der Waals surface area contributed by atoms with Gasteiger partial charge in [0, 0.05) is 25.1 Å². The van der Waals surface area contributed by atoms with Crippen LogP contribution in [0.4, 0.5) is 10.1 Å². The highest BCUT2D eigenvalue weighted by Gasteiger charge is 2.17. The molecule has 0 aliphatic carbocycles. The van der Waals surface area contributed by atoms with Crippen molar-refractivity contribution in [3.8, 4) is 11.4 Å². The average molecular weight is 367 g/mol. The number of carbonyl (C=O) groups excluding carboxylic acids is 1. The number of benzene rings is 2. The smallest absolute Gasteiger partial charge is 0.227 e. The van der Waals surface area contributed by atoms with E-state index in [0.717, 1.165) is 11.3 Å². The van der Waals surface area contributed by atoms with Gasteiger partial charge in [-0.2, -0.15) is 4.98 Å². The summed E-state index contributed by atoms with van der Waals surface area (Å²) in [7, 11) is 0. The van der Waals surface area contributed by atoms with Crippen molar-refractivity contribution >= 4 is 11.6 Å². The number of nitrogens with zero attached hydrogens (tertiary/aromatic N) is 3. The van der Waals surface area contributed by atoms with E-state index in [-0.39, 0.29) is 23.7 Å². The van der Waals surface area contributed by atoms with Crippen molar-refractivity contribution in [1.82, 2.24) is 10.1 Å². The van der Waals surface area contributed by atoms with Crippen LogP contribution in [0.2, 0.25) is 0 Å². The van der Waals surface area contributed by atoms with E-state index in [9.17, 15) is 9.18 Å². The number of hydrogen-bond acceptors (Lipinski definition) is 4. The number of hydrogen-bond donors (Lipinski definition) is 0. The molecule has 0 spiro atoms. The summed E-state index contributed by atoms with van der Waals surface area (Å²) >= 11 is 0. The molecule has 5 nitrogen and oxygen atoms in total. The molecule has 0 radical (unpaired) electrons. The van der Waals surface area contributed by atoms with Gasteiger partial charge in [0.25, 0.3) is 0 Å². The highest BCUT2D eigenvalue weighted by molar-refractivity contribution is 5.93. The highest BCUT2D eigenvalue weighted by Crippen LogP contribution is 2.21. The Morgan fingerprint density at radius 3 is 2.63 bits per heavy atom. The molecule has 0 saturated heterocycles. The summed E-state index contributed by atoms with van der Waals surface area (Å²) in [6.07, 6.45) is 0.543. The summed E-state index contributed by atoms with van der Waals surface area (Å²) in [5.41, 5.74) is 3.49. The van der Waals surface area contributed by atoms with Gasteiger partial charge in [-0.1, -0.05) is 23.4 Å². The van der Waals surface area contributed by atoms with Crippen LogP contribution >= 0.6 is 0 Å². The molecule has 2 aromatic carbocycles. The number of halogens is 1. The van der Waals surface area contributed by atoms with Crippen LogP contribution in [0.15, 0.2) is 47.0 Å². The van der Waals surface area contributed by atoms with Gasteiger partial charge in [0.2, 0.25) is 17.6 Å². The van der Waals surface area contributed by atoms with E-state index < -0.39 is 5.82 Å². The lowest BCUT2D eigenvalue weighted by molar-refractivity contribution is -0.118. The molecule has 6 heteroatoms. The molecule has 3 rings (SSSR count). The number of anilines is 1. The van der Waals surface area contributed by atoms with Crippen molar-refractivity contribution in [3.63, 3.8) is 0 Å². The van der Waals surface area contributed by atoms with Gasteiger partial charge in [0.15, 0.2) is 0 Å². The maximum absolute atomic E-state index is 13.8. The molecule has 0 atom stereocenters. The minimum Gasteiger partial charge on any atom is -0.339 e. The van der Waals surface area contributed by atoms with Gasteiger partial charge >= 0.3 is 0 Å². The largest absolute Gasteiger partial charge is 0.339 e. The van der Waals surface area contributed by atoms with Crippen molar-refractivity contribution in [2.24, 2.45) is 0 Å². The van der Waals surface area contributed by atoms with Crippen LogP contribution < -0.4 is 4.90 Å². The Kier molecular flexibility index (Phi) is 5.64. The molecule has 0 aliphatic heterocycles. The standard InChI is InChI=1S/C21H22FN3O2/c1-4-25(16-10-9-14(2)15(3)13-16)20(26)12-11-19-23-21(24-27-19)17-7-5-6-8-18(17)22/h5-10,13H,4,11-12H2,1-3H3. The molecule has 27 heavy (non-hydrogen) atoms. The minimum absolute atomic E-state index is 0.0219. The van der Waals surface area contributed by atoms with Crippen LogP contribution in [-0.2, 0) is 11.2 Å². The predicted molar refractivity (Wildman–Crippen MR) is 102 cm³/mol. The predicted octanol–water partition coefficient (Wildman–Crippen LogP) is 4.48. The Hall–Kier alpha value is -3.02. The Balaban J connectivity index is 1.68. The molecule has 0 fully saturated rings. The molecule has 3 aromatic rings. The minimum atomic E-state index is -0.409. The van der Waals surface area contributed by atoms with Crippen molar-refractivity contribution in [2.45, 2.75) is 33.6 Å². The van der Waals surface area contributed by atoms with E-state index in [1.165, 1.54) is 11.6 Å². The number of aryl methyl sites for hydroxylation is 3.